The molecule has 9 heteroatoms. The van der Waals surface area contributed by atoms with E-state index in [0.29, 0.717) is 21.9 Å². The predicted molar refractivity (Wildman–Crippen MR) is 108 cm³/mol. The number of halogens is 3. The Morgan fingerprint density at radius 3 is 2.46 bits per heavy atom. The number of nitrogens with zero attached hydrogens (tertiary/aromatic N) is 2. The Balaban J connectivity index is 2.22. The van der Waals surface area contributed by atoms with Crippen LogP contribution in [0.2, 0.25) is 15.2 Å². The number of benzene rings is 1. The lowest BCUT2D eigenvalue weighted by atomic mass is 10.1. The summed E-state index contributed by atoms with van der Waals surface area (Å²) in [6.07, 6.45) is -0.471. The summed E-state index contributed by atoms with van der Waals surface area (Å²) >= 11 is 18.8. The van der Waals surface area contributed by atoms with Gasteiger partial charge < -0.3 is 9.47 Å². The van der Waals surface area contributed by atoms with Crippen molar-refractivity contribution >= 4 is 57.9 Å². The molecule has 0 unspecified atom stereocenters. The molecule has 6 nitrogen and oxygen atoms in total. The van der Waals surface area contributed by atoms with Crippen LogP contribution in [0.25, 0.3) is 11.0 Å². The smallest absolute Gasteiger partial charge is 0.419 e. The van der Waals surface area contributed by atoms with Crippen molar-refractivity contribution in [3.8, 4) is 0 Å². The quantitative estimate of drug-likeness (QED) is 0.407. The van der Waals surface area contributed by atoms with E-state index in [9.17, 15) is 9.59 Å². The zero-order valence-electron chi connectivity index (χ0n) is 15.2. The highest BCUT2D eigenvalue weighted by Gasteiger charge is 2.22. The summed E-state index contributed by atoms with van der Waals surface area (Å²) in [6, 6.07) is 6.54. The molecule has 0 aliphatic rings. The average Bonchev–Trinajstić information content (AvgIpc) is 3.02. The number of ether oxygens (including phenoxy) is 2. The molecule has 0 spiro atoms. The molecule has 3 aromatic rings. The van der Waals surface area contributed by atoms with Gasteiger partial charge in [-0.25, -0.2) is 19.1 Å². The first-order chi connectivity index (χ1) is 13.3. The van der Waals surface area contributed by atoms with Crippen molar-refractivity contribution in [3.63, 3.8) is 0 Å². The van der Waals surface area contributed by atoms with Crippen LogP contribution >= 0.6 is 34.8 Å². The average molecular weight is 442 g/mol. The first-order valence-electron chi connectivity index (χ1n) is 8.09. The maximum atomic E-state index is 12.4. The number of esters is 1. The minimum Gasteiger partial charge on any atom is -0.465 e. The maximum Gasteiger partial charge on any atom is 0.419 e. The normalized spacial score (nSPS) is 10.9. The number of fused-ring (bicyclic) bond motifs is 1. The second kappa shape index (κ2) is 7.99. The van der Waals surface area contributed by atoms with Crippen LogP contribution in [0.1, 0.15) is 27.2 Å². The number of carbonyl (C=O) groups is 2. The van der Waals surface area contributed by atoms with Crippen molar-refractivity contribution in [2.45, 2.75) is 13.3 Å². The summed E-state index contributed by atoms with van der Waals surface area (Å²) in [6.45, 7) is 1.86. The van der Waals surface area contributed by atoms with Gasteiger partial charge in [0.1, 0.15) is 5.15 Å². The van der Waals surface area contributed by atoms with E-state index in [-0.39, 0.29) is 22.2 Å². The van der Waals surface area contributed by atoms with Crippen molar-refractivity contribution in [1.29, 1.82) is 0 Å². The van der Waals surface area contributed by atoms with Gasteiger partial charge in [-0.15, -0.1) is 0 Å². The van der Waals surface area contributed by atoms with Crippen LogP contribution in [-0.4, -0.2) is 35.8 Å². The topological polar surface area (TPSA) is 70.4 Å². The van der Waals surface area contributed by atoms with E-state index in [1.807, 2.05) is 6.92 Å². The van der Waals surface area contributed by atoms with Crippen molar-refractivity contribution in [3.05, 3.63) is 61.8 Å². The molecule has 0 N–H and O–H groups in total. The van der Waals surface area contributed by atoms with E-state index in [1.54, 1.807) is 18.2 Å². The molecule has 0 saturated carbocycles. The van der Waals surface area contributed by atoms with Gasteiger partial charge in [0.2, 0.25) is 0 Å². The zero-order chi connectivity index (χ0) is 20.6. The molecular formula is C19H15Cl3N2O4. The van der Waals surface area contributed by atoms with Crippen LogP contribution in [0, 0.1) is 6.92 Å². The van der Waals surface area contributed by atoms with Crippen LogP contribution in [-0.2, 0) is 15.9 Å². The molecule has 146 valence electrons. The maximum absolute atomic E-state index is 12.4. The Bertz CT molecular complexity index is 1110. The monoisotopic (exact) mass is 440 g/mol. The van der Waals surface area contributed by atoms with E-state index in [2.05, 4.69) is 4.98 Å². The van der Waals surface area contributed by atoms with Gasteiger partial charge in [0.05, 0.1) is 24.8 Å². The third kappa shape index (κ3) is 3.55. The fraction of sp³-hybridized carbons (Fsp3) is 0.211. The third-order valence-electron chi connectivity index (χ3n) is 4.33. The molecule has 0 saturated heterocycles. The summed E-state index contributed by atoms with van der Waals surface area (Å²) in [5.74, 6) is -0.583. The highest BCUT2D eigenvalue weighted by Crippen LogP contribution is 2.33. The number of methoxy groups -OCH3 is 2. The Hall–Kier alpha value is -2.28. The van der Waals surface area contributed by atoms with E-state index in [1.165, 1.54) is 24.9 Å². The van der Waals surface area contributed by atoms with Gasteiger partial charge in [0.15, 0.2) is 5.65 Å². The number of hydrogen-bond acceptors (Lipinski definition) is 5. The Kier molecular flexibility index (Phi) is 5.84. The molecule has 0 radical (unpaired) electrons. The number of hydrogen-bond donors (Lipinski definition) is 0. The van der Waals surface area contributed by atoms with Crippen molar-refractivity contribution in [1.82, 2.24) is 9.55 Å². The number of aromatic nitrogens is 2. The number of pyridine rings is 1. The highest BCUT2D eigenvalue weighted by molar-refractivity contribution is 6.38. The molecule has 0 amide bonds. The molecular weight excluding hydrogens is 427 g/mol. The summed E-state index contributed by atoms with van der Waals surface area (Å²) in [5, 5.41) is 1.50. The van der Waals surface area contributed by atoms with Gasteiger partial charge in [0.25, 0.3) is 0 Å². The van der Waals surface area contributed by atoms with Gasteiger partial charge in [-0.05, 0) is 42.3 Å². The first-order valence-corrected chi connectivity index (χ1v) is 9.22. The lowest BCUT2D eigenvalue weighted by molar-refractivity contribution is 0.0600. The molecule has 28 heavy (non-hydrogen) atoms. The molecule has 0 atom stereocenters. The fourth-order valence-corrected chi connectivity index (χ4v) is 3.80. The van der Waals surface area contributed by atoms with Crippen molar-refractivity contribution in [2.75, 3.05) is 14.2 Å². The fourth-order valence-electron chi connectivity index (χ4n) is 2.98. The van der Waals surface area contributed by atoms with E-state index < -0.39 is 12.1 Å². The standard InChI is InChI=1S/C19H15Cl3N2O4/c1-9-6-15(21)23-17-12(9)7-10(24(17)19(26)28-3)8-13-14(20)5-4-11(16(13)22)18(25)27-2/h4-7H,8H2,1-3H3. The Labute approximate surface area is 175 Å². The summed E-state index contributed by atoms with van der Waals surface area (Å²) in [5.41, 5.74) is 2.40. The van der Waals surface area contributed by atoms with E-state index in [4.69, 9.17) is 44.3 Å². The SMILES string of the molecule is COC(=O)c1ccc(Cl)c(Cc2cc3c(C)cc(Cl)nc3n2C(=O)OC)c1Cl. The molecule has 2 aromatic heterocycles. The largest absolute Gasteiger partial charge is 0.465 e. The summed E-state index contributed by atoms with van der Waals surface area (Å²) < 4.78 is 11.0. The highest BCUT2D eigenvalue weighted by atomic mass is 35.5. The first kappa shape index (κ1) is 20.5. The summed E-state index contributed by atoms with van der Waals surface area (Å²) in [4.78, 5) is 28.6. The molecule has 3 rings (SSSR count). The number of rotatable bonds is 3. The van der Waals surface area contributed by atoms with Gasteiger partial charge in [-0.3, -0.25) is 0 Å². The molecule has 2 heterocycles. The van der Waals surface area contributed by atoms with Gasteiger partial charge in [-0.2, -0.15) is 0 Å². The van der Waals surface area contributed by atoms with Crippen LogP contribution in [0.5, 0.6) is 0 Å². The van der Waals surface area contributed by atoms with Crippen LogP contribution in [0.4, 0.5) is 4.79 Å². The van der Waals surface area contributed by atoms with E-state index in [0.717, 1.165) is 10.9 Å². The predicted octanol–water partition coefficient (Wildman–Crippen LogP) is 5.30. The third-order valence-corrected chi connectivity index (χ3v) is 5.31. The zero-order valence-corrected chi connectivity index (χ0v) is 17.4. The number of carbonyl (C=O) groups excluding carboxylic acids is 2. The Morgan fingerprint density at radius 1 is 1.11 bits per heavy atom. The van der Waals surface area contributed by atoms with Crippen LogP contribution in [0.15, 0.2) is 24.3 Å². The molecule has 0 aliphatic carbocycles. The summed E-state index contributed by atoms with van der Waals surface area (Å²) in [7, 11) is 2.54. The van der Waals surface area contributed by atoms with Crippen molar-refractivity contribution in [2.24, 2.45) is 0 Å². The van der Waals surface area contributed by atoms with Gasteiger partial charge >= 0.3 is 12.1 Å². The second-order valence-corrected chi connectivity index (χ2v) is 7.17. The number of aryl methyl sites for hydroxylation is 1. The lowest BCUT2D eigenvalue weighted by Crippen LogP contribution is -2.15. The molecule has 0 fully saturated rings. The van der Waals surface area contributed by atoms with Crippen molar-refractivity contribution < 1.29 is 19.1 Å². The lowest BCUT2D eigenvalue weighted by Gasteiger charge is -2.12. The van der Waals surface area contributed by atoms with Crippen LogP contribution in [0.3, 0.4) is 0 Å². The second-order valence-electron chi connectivity index (χ2n) is 6.00. The van der Waals surface area contributed by atoms with E-state index >= 15 is 0 Å². The minimum absolute atomic E-state index is 0.156. The molecule has 1 aromatic carbocycles. The molecule has 0 aliphatic heterocycles. The van der Waals surface area contributed by atoms with Crippen LogP contribution < -0.4 is 0 Å². The Morgan fingerprint density at radius 2 is 1.82 bits per heavy atom. The molecule has 0 bridgehead atoms. The van der Waals surface area contributed by atoms with Gasteiger partial charge in [0, 0.05) is 22.5 Å². The van der Waals surface area contributed by atoms with Gasteiger partial charge in [-0.1, -0.05) is 34.8 Å². The minimum atomic E-state index is -0.629.